The number of carbonyl (C=O) groups is 1. The second-order valence-electron chi connectivity index (χ2n) is 7.61. The summed E-state index contributed by atoms with van der Waals surface area (Å²) in [6, 6.07) is 13.9. The minimum atomic E-state index is -2.86. The van der Waals surface area contributed by atoms with Gasteiger partial charge in [0.2, 0.25) is 5.91 Å². The first-order valence-corrected chi connectivity index (χ1v) is 11.7. The van der Waals surface area contributed by atoms with Gasteiger partial charge in [-0.15, -0.1) is 0 Å². The lowest BCUT2D eigenvalue weighted by Gasteiger charge is -2.37. The Morgan fingerprint density at radius 1 is 1.04 bits per heavy atom. The molecule has 0 radical (unpaired) electrons. The van der Waals surface area contributed by atoms with Crippen LogP contribution in [0.25, 0.3) is 11.3 Å². The number of benzene rings is 1. The number of sulfone groups is 1. The van der Waals surface area contributed by atoms with Crippen molar-refractivity contribution in [1.82, 2.24) is 9.80 Å². The van der Waals surface area contributed by atoms with Crippen molar-refractivity contribution < 1.29 is 17.6 Å². The molecule has 2 aromatic rings. The Morgan fingerprint density at radius 2 is 1.79 bits per heavy atom. The lowest BCUT2D eigenvalue weighted by atomic mass is 10.1. The summed E-state index contributed by atoms with van der Waals surface area (Å²) in [7, 11) is -2.86. The van der Waals surface area contributed by atoms with E-state index in [1.165, 1.54) is 0 Å². The maximum Gasteiger partial charge on any atom is 0.223 e. The predicted octanol–water partition coefficient (Wildman–Crippen LogP) is 2.21. The van der Waals surface area contributed by atoms with E-state index >= 15 is 0 Å². The Balaban J connectivity index is 1.25. The maximum atomic E-state index is 12.5. The van der Waals surface area contributed by atoms with E-state index < -0.39 is 9.84 Å². The number of aryl methyl sites for hydroxylation is 1. The third-order valence-electron chi connectivity index (χ3n) is 5.70. The smallest absolute Gasteiger partial charge is 0.223 e. The minimum Gasteiger partial charge on any atom is -0.461 e. The van der Waals surface area contributed by atoms with Crippen LogP contribution in [0.4, 0.5) is 0 Å². The SMILES string of the molecule is O=C(CCc1ccc(-c2ccccc2)o1)N1CCN([C@@H]2CCS(=O)(=O)C2)CC1. The molecule has 6 nitrogen and oxygen atoms in total. The second-order valence-corrected chi connectivity index (χ2v) is 9.83. The van der Waals surface area contributed by atoms with E-state index in [2.05, 4.69) is 4.90 Å². The number of piperazine rings is 1. The van der Waals surface area contributed by atoms with Crippen LogP contribution in [0.15, 0.2) is 46.9 Å². The molecule has 0 bridgehead atoms. The van der Waals surface area contributed by atoms with Crippen LogP contribution < -0.4 is 0 Å². The molecule has 2 aliphatic heterocycles. The first-order chi connectivity index (χ1) is 13.5. The third kappa shape index (κ3) is 4.47. The predicted molar refractivity (Wildman–Crippen MR) is 108 cm³/mol. The largest absolute Gasteiger partial charge is 0.461 e. The van der Waals surface area contributed by atoms with Crippen LogP contribution in [0, 0.1) is 0 Å². The van der Waals surface area contributed by atoms with Crippen molar-refractivity contribution in [3.05, 3.63) is 48.2 Å². The van der Waals surface area contributed by atoms with Crippen molar-refractivity contribution >= 4 is 15.7 Å². The monoisotopic (exact) mass is 402 g/mol. The molecule has 1 amide bonds. The van der Waals surface area contributed by atoms with E-state index in [0.29, 0.717) is 31.7 Å². The highest BCUT2D eigenvalue weighted by atomic mass is 32.2. The van der Waals surface area contributed by atoms with Crippen LogP contribution in [0.3, 0.4) is 0 Å². The molecule has 2 saturated heterocycles. The molecule has 4 rings (SSSR count). The second kappa shape index (κ2) is 8.09. The Kier molecular flexibility index (Phi) is 5.55. The highest BCUT2D eigenvalue weighted by molar-refractivity contribution is 7.91. The highest BCUT2D eigenvalue weighted by Gasteiger charge is 2.34. The van der Waals surface area contributed by atoms with Crippen molar-refractivity contribution in [2.45, 2.75) is 25.3 Å². The number of hydrogen-bond donors (Lipinski definition) is 0. The quantitative estimate of drug-likeness (QED) is 0.767. The van der Waals surface area contributed by atoms with E-state index in [4.69, 9.17) is 4.42 Å². The van der Waals surface area contributed by atoms with E-state index in [9.17, 15) is 13.2 Å². The number of rotatable bonds is 5. The molecule has 1 atom stereocenters. The van der Waals surface area contributed by atoms with Gasteiger partial charge in [0.15, 0.2) is 9.84 Å². The summed E-state index contributed by atoms with van der Waals surface area (Å²) in [5.41, 5.74) is 1.03. The van der Waals surface area contributed by atoms with Gasteiger partial charge in [-0.05, 0) is 18.6 Å². The summed E-state index contributed by atoms with van der Waals surface area (Å²) in [4.78, 5) is 16.7. The molecule has 0 aliphatic carbocycles. The topological polar surface area (TPSA) is 70.8 Å². The van der Waals surface area contributed by atoms with Crippen LogP contribution in [-0.4, -0.2) is 67.9 Å². The first kappa shape index (κ1) is 19.2. The summed E-state index contributed by atoms with van der Waals surface area (Å²) < 4.78 is 29.2. The fourth-order valence-electron chi connectivity index (χ4n) is 4.06. The van der Waals surface area contributed by atoms with Gasteiger partial charge >= 0.3 is 0 Å². The van der Waals surface area contributed by atoms with Crippen LogP contribution in [0.5, 0.6) is 0 Å². The van der Waals surface area contributed by atoms with Gasteiger partial charge in [-0.25, -0.2) is 8.42 Å². The van der Waals surface area contributed by atoms with Gasteiger partial charge in [-0.3, -0.25) is 9.69 Å². The highest BCUT2D eigenvalue weighted by Crippen LogP contribution is 2.23. The van der Waals surface area contributed by atoms with Crippen LogP contribution >= 0.6 is 0 Å². The normalized spacial score (nSPS) is 22.4. The molecule has 2 aliphatic rings. The Labute approximate surface area is 166 Å². The summed E-state index contributed by atoms with van der Waals surface area (Å²) in [6.07, 6.45) is 1.74. The van der Waals surface area contributed by atoms with Gasteiger partial charge in [-0.1, -0.05) is 30.3 Å². The number of hydrogen-bond acceptors (Lipinski definition) is 5. The van der Waals surface area contributed by atoms with Gasteiger partial charge in [0.05, 0.1) is 11.5 Å². The van der Waals surface area contributed by atoms with E-state index in [-0.39, 0.29) is 17.7 Å². The Bertz CT molecular complexity index is 915. The van der Waals surface area contributed by atoms with Crippen LogP contribution in [-0.2, 0) is 21.1 Å². The summed E-state index contributed by atoms with van der Waals surface area (Å²) in [6.45, 7) is 2.85. The average molecular weight is 403 g/mol. The number of furan rings is 1. The Morgan fingerprint density at radius 3 is 2.46 bits per heavy atom. The van der Waals surface area contributed by atoms with Gasteiger partial charge in [0.1, 0.15) is 11.5 Å². The van der Waals surface area contributed by atoms with Crippen LogP contribution in [0.1, 0.15) is 18.6 Å². The molecule has 0 unspecified atom stereocenters. The van der Waals surface area contributed by atoms with E-state index in [1.54, 1.807) is 0 Å². The molecule has 0 spiro atoms. The molecule has 1 aromatic heterocycles. The number of nitrogens with zero attached hydrogens (tertiary/aromatic N) is 2. The third-order valence-corrected chi connectivity index (χ3v) is 7.45. The molecule has 2 fully saturated rings. The van der Waals surface area contributed by atoms with E-state index in [1.807, 2.05) is 47.4 Å². The van der Waals surface area contributed by atoms with Gasteiger partial charge in [0, 0.05) is 50.6 Å². The summed E-state index contributed by atoms with van der Waals surface area (Å²) >= 11 is 0. The summed E-state index contributed by atoms with van der Waals surface area (Å²) in [5.74, 6) is 2.34. The lowest BCUT2D eigenvalue weighted by Crippen LogP contribution is -2.52. The number of carbonyl (C=O) groups excluding carboxylic acids is 1. The fourth-order valence-corrected chi connectivity index (χ4v) is 5.82. The molecular weight excluding hydrogens is 376 g/mol. The number of amides is 1. The standard InChI is InChI=1S/C21H26N2O4S/c24-21(9-7-19-6-8-20(27-19)17-4-2-1-3-5-17)23-13-11-22(12-14-23)18-10-15-28(25,26)16-18/h1-6,8,18H,7,9-16H2/t18-/m1/s1. The van der Waals surface area contributed by atoms with Crippen molar-refractivity contribution in [3.8, 4) is 11.3 Å². The zero-order chi connectivity index (χ0) is 19.6. The van der Waals surface area contributed by atoms with Crippen molar-refractivity contribution in [2.24, 2.45) is 0 Å². The van der Waals surface area contributed by atoms with E-state index in [0.717, 1.165) is 36.6 Å². The van der Waals surface area contributed by atoms with Crippen molar-refractivity contribution in [2.75, 3.05) is 37.7 Å². The molecule has 0 saturated carbocycles. The van der Waals surface area contributed by atoms with Gasteiger partial charge in [-0.2, -0.15) is 0 Å². The van der Waals surface area contributed by atoms with Crippen LogP contribution in [0.2, 0.25) is 0 Å². The molecule has 0 N–H and O–H groups in total. The Hall–Kier alpha value is -2.12. The minimum absolute atomic E-state index is 0.127. The first-order valence-electron chi connectivity index (χ1n) is 9.86. The lowest BCUT2D eigenvalue weighted by molar-refractivity contribution is -0.133. The summed E-state index contributed by atoms with van der Waals surface area (Å²) in [5, 5.41) is 0. The maximum absolute atomic E-state index is 12.5. The van der Waals surface area contributed by atoms with Crippen molar-refractivity contribution in [1.29, 1.82) is 0 Å². The van der Waals surface area contributed by atoms with Gasteiger partial charge in [0.25, 0.3) is 0 Å². The molecule has 7 heteroatoms. The zero-order valence-corrected chi connectivity index (χ0v) is 16.7. The fraction of sp³-hybridized carbons (Fsp3) is 0.476. The zero-order valence-electron chi connectivity index (χ0n) is 15.9. The molecule has 150 valence electrons. The molecule has 28 heavy (non-hydrogen) atoms. The van der Waals surface area contributed by atoms with Gasteiger partial charge < -0.3 is 9.32 Å². The average Bonchev–Trinajstić information content (AvgIpc) is 3.33. The molecular formula is C21H26N2O4S. The van der Waals surface area contributed by atoms with Crippen molar-refractivity contribution in [3.63, 3.8) is 0 Å². The molecule has 3 heterocycles. The molecule has 1 aromatic carbocycles.